The summed E-state index contributed by atoms with van der Waals surface area (Å²) in [6, 6.07) is 18.3. The van der Waals surface area contributed by atoms with Crippen LogP contribution in [0, 0.1) is 12.7 Å². The number of ether oxygens (including phenoxy) is 1. The molecule has 0 fully saturated rings. The van der Waals surface area contributed by atoms with E-state index < -0.39 is 28.5 Å². The van der Waals surface area contributed by atoms with Crippen molar-refractivity contribution in [3.8, 4) is 5.75 Å². The summed E-state index contributed by atoms with van der Waals surface area (Å²) in [6.45, 7) is 3.17. The van der Waals surface area contributed by atoms with E-state index in [0.717, 1.165) is 9.87 Å². The molecule has 0 aliphatic carbocycles. The molecule has 3 aromatic carbocycles. The molecular weight excluding hydrogens is 431 g/mol. The van der Waals surface area contributed by atoms with Crippen molar-refractivity contribution in [1.82, 2.24) is 5.32 Å². The monoisotopic (exact) mass is 456 g/mol. The number of anilines is 1. The predicted octanol–water partition coefficient (Wildman–Crippen LogP) is 4.22. The fourth-order valence-corrected chi connectivity index (χ4v) is 4.58. The molecule has 1 N–H and O–H groups in total. The van der Waals surface area contributed by atoms with Crippen LogP contribution in [0.25, 0.3) is 0 Å². The van der Waals surface area contributed by atoms with Gasteiger partial charge in [-0.2, -0.15) is 0 Å². The maximum Gasteiger partial charge on any atom is 0.264 e. The topological polar surface area (TPSA) is 75.7 Å². The quantitative estimate of drug-likeness (QED) is 0.551. The highest BCUT2D eigenvalue weighted by Gasteiger charge is 2.28. The van der Waals surface area contributed by atoms with Gasteiger partial charge in [-0.05, 0) is 55.8 Å². The molecule has 6 nitrogen and oxygen atoms in total. The van der Waals surface area contributed by atoms with Crippen LogP contribution in [0.5, 0.6) is 5.75 Å². The second-order valence-corrected chi connectivity index (χ2v) is 9.23. The van der Waals surface area contributed by atoms with E-state index in [4.69, 9.17) is 4.74 Å². The van der Waals surface area contributed by atoms with Crippen LogP contribution < -0.4 is 14.4 Å². The van der Waals surface area contributed by atoms with E-state index in [9.17, 15) is 17.6 Å². The molecule has 1 atom stereocenters. The Hall–Kier alpha value is -3.39. The normalized spacial score (nSPS) is 12.1. The van der Waals surface area contributed by atoms with Crippen LogP contribution in [-0.4, -0.2) is 28.0 Å². The number of rotatable bonds is 8. The highest BCUT2D eigenvalue weighted by molar-refractivity contribution is 7.92. The minimum absolute atomic E-state index is 0.0744. The Kier molecular flexibility index (Phi) is 7.15. The number of carbonyl (C=O) groups is 1. The molecule has 0 aliphatic rings. The first-order valence-corrected chi connectivity index (χ1v) is 11.4. The minimum Gasteiger partial charge on any atom is -0.497 e. The standard InChI is InChI=1S/C24H25FN2O4S/c1-17-7-13-23(14-8-17)32(29,30)27(21-5-4-6-22(15-21)31-3)16-24(28)26-18(2)19-9-11-20(25)12-10-19/h4-15,18H,16H2,1-3H3,(H,26,28)/t18-/m1/s1. The van der Waals surface area contributed by atoms with Crippen molar-refractivity contribution in [2.45, 2.75) is 24.8 Å². The number of hydrogen-bond acceptors (Lipinski definition) is 4. The van der Waals surface area contributed by atoms with Crippen LogP contribution in [0.2, 0.25) is 0 Å². The molecule has 1 amide bonds. The van der Waals surface area contributed by atoms with Gasteiger partial charge in [0.15, 0.2) is 0 Å². The fourth-order valence-electron chi connectivity index (χ4n) is 3.17. The van der Waals surface area contributed by atoms with Crippen LogP contribution in [0.4, 0.5) is 10.1 Å². The van der Waals surface area contributed by atoms with E-state index in [1.165, 1.54) is 31.4 Å². The third-order valence-corrected chi connectivity index (χ3v) is 6.77. The molecule has 0 saturated heterocycles. The molecule has 0 radical (unpaired) electrons. The van der Waals surface area contributed by atoms with Gasteiger partial charge in [0.25, 0.3) is 10.0 Å². The molecule has 0 saturated carbocycles. The number of nitrogens with zero attached hydrogens (tertiary/aromatic N) is 1. The Labute approximate surface area is 187 Å². The Morgan fingerprint density at radius 3 is 2.34 bits per heavy atom. The Morgan fingerprint density at radius 1 is 1.06 bits per heavy atom. The molecule has 168 valence electrons. The van der Waals surface area contributed by atoms with Gasteiger partial charge in [0.1, 0.15) is 18.1 Å². The first-order valence-electron chi connectivity index (χ1n) is 9.99. The maximum absolute atomic E-state index is 13.4. The SMILES string of the molecule is COc1cccc(N(CC(=O)N[C@H](C)c2ccc(F)cc2)S(=O)(=O)c2ccc(C)cc2)c1. The van der Waals surface area contributed by atoms with Gasteiger partial charge in [-0.1, -0.05) is 35.9 Å². The number of benzene rings is 3. The van der Waals surface area contributed by atoms with Crippen molar-refractivity contribution in [2.75, 3.05) is 18.0 Å². The molecule has 0 heterocycles. The van der Waals surface area contributed by atoms with E-state index in [1.54, 1.807) is 55.5 Å². The van der Waals surface area contributed by atoms with Crippen molar-refractivity contribution in [3.63, 3.8) is 0 Å². The fraction of sp³-hybridized carbons (Fsp3) is 0.208. The average Bonchev–Trinajstić information content (AvgIpc) is 2.78. The minimum atomic E-state index is -4.03. The van der Waals surface area contributed by atoms with Crippen molar-refractivity contribution >= 4 is 21.6 Å². The molecule has 3 aromatic rings. The third-order valence-electron chi connectivity index (χ3n) is 4.98. The lowest BCUT2D eigenvalue weighted by Gasteiger charge is -2.25. The van der Waals surface area contributed by atoms with Crippen LogP contribution in [0.15, 0.2) is 77.7 Å². The molecule has 32 heavy (non-hydrogen) atoms. The van der Waals surface area contributed by atoms with Crippen molar-refractivity contribution in [3.05, 3.63) is 89.7 Å². The highest BCUT2D eigenvalue weighted by Crippen LogP contribution is 2.27. The first kappa shape index (κ1) is 23.3. The maximum atomic E-state index is 13.4. The summed E-state index contributed by atoms with van der Waals surface area (Å²) in [6.07, 6.45) is 0. The number of nitrogens with one attached hydrogen (secondary N) is 1. The van der Waals surface area contributed by atoms with Gasteiger partial charge < -0.3 is 10.1 Å². The second kappa shape index (κ2) is 9.82. The van der Waals surface area contributed by atoms with Gasteiger partial charge in [0.2, 0.25) is 5.91 Å². The molecule has 0 aromatic heterocycles. The number of halogens is 1. The van der Waals surface area contributed by atoms with Gasteiger partial charge in [-0.3, -0.25) is 9.10 Å². The number of sulfonamides is 1. The van der Waals surface area contributed by atoms with E-state index in [2.05, 4.69) is 5.32 Å². The van der Waals surface area contributed by atoms with Gasteiger partial charge in [0.05, 0.1) is 23.7 Å². The molecule has 8 heteroatoms. The number of methoxy groups -OCH3 is 1. The summed E-state index contributed by atoms with van der Waals surface area (Å²) < 4.78 is 46.3. The summed E-state index contributed by atoms with van der Waals surface area (Å²) in [5, 5.41) is 2.78. The third kappa shape index (κ3) is 5.45. The van der Waals surface area contributed by atoms with E-state index in [1.807, 2.05) is 6.92 Å². The average molecular weight is 457 g/mol. The molecule has 0 bridgehead atoms. The Balaban J connectivity index is 1.90. The summed E-state index contributed by atoms with van der Waals surface area (Å²) in [7, 11) is -2.55. The summed E-state index contributed by atoms with van der Waals surface area (Å²) in [4.78, 5) is 12.9. The van der Waals surface area contributed by atoms with Crippen molar-refractivity contribution < 1.29 is 22.3 Å². The summed E-state index contributed by atoms with van der Waals surface area (Å²) >= 11 is 0. The molecule has 0 unspecified atom stereocenters. The van der Waals surface area contributed by atoms with Crippen molar-refractivity contribution in [1.29, 1.82) is 0 Å². The van der Waals surface area contributed by atoms with Crippen LogP contribution in [-0.2, 0) is 14.8 Å². The predicted molar refractivity (Wildman–Crippen MR) is 122 cm³/mol. The van der Waals surface area contributed by atoms with E-state index in [0.29, 0.717) is 17.0 Å². The van der Waals surface area contributed by atoms with Gasteiger partial charge >= 0.3 is 0 Å². The largest absolute Gasteiger partial charge is 0.497 e. The number of amides is 1. The smallest absolute Gasteiger partial charge is 0.264 e. The molecule has 3 rings (SSSR count). The lowest BCUT2D eigenvalue weighted by Crippen LogP contribution is -2.41. The van der Waals surface area contributed by atoms with Gasteiger partial charge in [-0.25, -0.2) is 12.8 Å². The van der Waals surface area contributed by atoms with Crippen LogP contribution in [0.1, 0.15) is 24.1 Å². The van der Waals surface area contributed by atoms with Gasteiger partial charge in [-0.15, -0.1) is 0 Å². The van der Waals surface area contributed by atoms with Crippen molar-refractivity contribution in [2.24, 2.45) is 0 Å². The second-order valence-electron chi connectivity index (χ2n) is 7.37. The number of carbonyl (C=O) groups excluding carboxylic acids is 1. The molecule has 0 aliphatic heterocycles. The number of aryl methyl sites for hydroxylation is 1. The van der Waals surface area contributed by atoms with E-state index >= 15 is 0 Å². The Bertz CT molecular complexity index is 1180. The molecule has 0 spiro atoms. The highest BCUT2D eigenvalue weighted by atomic mass is 32.2. The zero-order valence-corrected chi connectivity index (χ0v) is 18.9. The van der Waals surface area contributed by atoms with Gasteiger partial charge in [0, 0.05) is 6.07 Å². The van der Waals surface area contributed by atoms with Crippen LogP contribution >= 0.6 is 0 Å². The lowest BCUT2D eigenvalue weighted by atomic mass is 10.1. The van der Waals surface area contributed by atoms with E-state index in [-0.39, 0.29) is 10.7 Å². The zero-order chi connectivity index (χ0) is 23.3. The summed E-state index contributed by atoms with van der Waals surface area (Å²) in [5.74, 6) is -0.410. The Morgan fingerprint density at radius 2 is 1.72 bits per heavy atom. The zero-order valence-electron chi connectivity index (χ0n) is 18.1. The van der Waals surface area contributed by atoms with Crippen LogP contribution in [0.3, 0.4) is 0 Å². The lowest BCUT2D eigenvalue weighted by molar-refractivity contribution is -0.120. The summed E-state index contributed by atoms with van der Waals surface area (Å²) in [5.41, 5.74) is 1.92. The molecular formula is C24H25FN2O4S. The number of hydrogen-bond donors (Lipinski definition) is 1. The first-order chi connectivity index (χ1) is 15.2.